The van der Waals surface area contributed by atoms with E-state index < -0.39 is 0 Å². The van der Waals surface area contributed by atoms with Crippen molar-refractivity contribution in [2.24, 2.45) is 5.92 Å². The first-order chi connectivity index (χ1) is 7.29. The molecule has 0 heterocycles. The zero-order valence-corrected chi connectivity index (χ0v) is 9.19. The van der Waals surface area contributed by atoms with E-state index in [-0.39, 0.29) is 12.0 Å². The lowest BCUT2D eigenvalue weighted by molar-refractivity contribution is 0.132. The van der Waals surface area contributed by atoms with Crippen LogP contribution in [0.1, 0.15) is 31.7 Å². The van der Waals surface area contributed by atoms with Crippen molar-refractivity contribution in [3.8, 4) is 0 Å². The first kappa shape index (κ1) is 10.4. The summed E-state index contributed by atoms with van der Waals surface area (Å²) in [5.74, 6) is 0.259. The summed E-state index contributed by atoms with van der Waals surface area (Å²) in [4.78, 5) is 0. The van der Waals surface area contributed by atoms with Crippen LogP contribution in [-0.2, 0) is 0 Å². The van der Waals surface area contributed by atoms with Crippen LogP contribution in [0, 0.1) is 5.92 Å². The van der Waals surface area contributed by atoms with Gasteiger partial charge in [-0.25, -0.2) is 0 Å². The Morgan fingerprint density at radius 1 is 1.20 bits per heavy atom. The van der Waals surface area contributed by atoms with Gasteiger partial charge in [-0.3, -0.25) is 0 Å². The molecule has 0 bridgehead atoms. The number of rotatable bonds is 1. The summed E-state index contributed by atoms with van der Waals surface area (Å²) in [7, 11) is 0. The summed E-state index contributed by atoms with van der Waals surface area (Å²) in [6, 6.07) is 10.4. The fourth-order valence-electron chi connectivity index (χ4n) is 2.24. The SMILES string of the molecule is C[C@@H]1C(c2ccccc2)=CCCC[C@H]1O. The van der Waals surface area contributed by atoms with Crippen LogP contribution in [0.25, 0.3) is 5.57 Å². The second-order valence-corrected chi connectivity index (χ2v) is 4.31. The summed E-state index contributed by atoms with van der Waals surface area (Å²) in [5, 5.41) is 9.95. The summed E-state index contributed by atoms with van der Waals surface area (Å²) in [6.45, 7) is 2.12. The highest BCUT2D eigenvalue weighted by molar-refractivity contribution is 5.67. The minimum atomic E-state index is -0.182. The summed E-state index contributed by atoms with van der Waals surface area (Å²) >= 11 is 0. The fourth-order valence-corrected chi connectivity index (χ4v) is 2.24. The minimum absolute atomic E-state index is 0.182. The van der Waals surface area contributed by atoms with Crippen LogP contribution in [-0.4, -0.2) is 11.2 Å². The van der Waals surface area contributed by atoms with Crippen molar-refractivity contribution in [2.75, 3.05) is 0 Å². The van der Waals surface area contributed by atoms with Gasteiger partial charge >= 0.3 is 0 Å². The summed E-state index contributed by atoms with van der Waals surface area (Å²) < 4.78 is 0. The molecule has 0 aromatic heterocycles. The fraction of sp³-hybridized carbons (Fsp3) is 0.429. The highest BCUT2D eigenvalue weighted by atomic mass is 16.3. The molecule has 1 N–H and O–H groups in total. The number of allylic oxidation sites excluding steroid dienone is 1. The van der Waals surface area contributed by atoms with Gasteiger partial charge in [-0.2, -0.15) is 0 Å². The van der Waals surface area contributed by atoms with Crippen molar-refractivity contribution in [2.45, 2.75) is 32.3 Å². The number of aliphatic hydroxyl groups excluding tert-OH is 1. The molecular formula is C14H18O. The summed E-state index contributed by atoms with van der Waals surface area (Å²) in [5.41, 5.74) is 2.56. The van der Waals surface area contributed by atoms with E-state index in [9.17, 15) is 5.11 Å². The molecule has 0 aliphatic heterocycles. The maximum absolute atomic E-state index is 9.95. The van der Waals surface area contributed by atoms with Gasteiger partial charge in [0.25, 0.3) is 0 Å². The number of hydrogen-bond acceptors (Lipinski definition) is 1. The van der Waals surface area contributed by atoms with E-state index in [1.165, 1.54) is 11.1 Å². The van der Waals surface area contributed by atoms with Crippen LogP contribution in [0.5, 0.6) is 0 Å². The highest BCUT2D eigenvalue weighted by Gasteiger charge is 2.21. The Hall–Kier alpha value is -1.08. The van der Waals surface area contributed by atoms with Crippen molar-refractivity contribution in [1.29, 1.82) is 0 Å². The Kier molecular flexibility index (Phi) is 3.22. The highest BCUT2D eigenvalue weighted by Crippen LogP contribution is 2.31. The molecule has 80 valence electrons. The van der Waals surface area contributed by atoms with Crippen LogP contribution in [0.4, 0.5) is 0 Å². The lowest BCUT2D eigenvalue weighted by atomic mass is 9.90. The number of benzene rings is 1. The van der Waals surface area contributed by atoms with Crippen molar-refractivity contribution < 1.29 is 5.11 Å². The maximum Gasteiger partial charge on any atom is 0.0606 e. The second kappa shape index (κ2) is 4.63. The topological polar surface area (TPSA) is 20.2 Å². The smallest absolute Gasteiger partial charge is 0.0606 e. The van der Waals surface area contributed by atoms with Crippen molar-refractivity contribution in [1.82, 2.24) is 0 Å². The third-order valence-corrected chi connectivity index (χ3v) is 3.24. The standard InChI is InChI=1S/C14H18O/c1-11-13(9-5-6-10-14(11)15)12-7-3-2-4-8-12/h2-4,7-9,11,14-15H,5-6,10H2,1H3/t11-,14-/m1/s1. The van der Waals surface area contributed by atoms with Gasteiger partial charge in [-0.05, 0) is 30.4 Å². The average Bonchev–Trinajstić information content (AvgIpc) is 2.44. The Morgan fingerprint density at radius 3 is 2.67 bits per heavy atom. The molecule has 1 aliphatic carbocycles. The zero-order valence-electron chi connectivity index (χ0n) is 9.19. The van der Waals surface area contributed by atoms with Crippen molar-refractivity contribution in [3.05, 3.63) is 42.0 Å². The number of aliphatic hydroxyl groups is 1. The molecule has 1 aromatic rings. The Labute approximate surface area is 91.4 Å². The molecule has 1 aromatic carbocycles. The monoisotopic (exact) mass is 202 g/mol. The molecule has 0 unspecified atom stereocenters. The van der Waals surface area contributed by atoms with Gasteiger partial charge in [0.2, 0.25) is 0 Å². The molecule has 0 amide bonds. The van der Waals surface area contributed by atoms with Gasteiger partial charge in [0, 0.05) is 5.92 Å². The predicted octanol–water partition coefficient (Wildman–Crippen LogP) is 3.25. The minimum Gasteiger partial charge on any atom is -0.393 e. The summed E-state index contributed by atoms with van der Waals surface area (Å²) in [6.07, 6.45) is 5.22. The van der Waals surface area contributed by atoms with E-state index in [1.54, 1.807) is 0 Å². The lowest BCUT2D eigenvalue weighted by Gasteiger charge is -2.19. The van der Waals surface area contributed by atoms with Crippen molar-refractivity contribution in [3.63, 3.8) is 0 Å². The molecule has 0 spiro atoms. The van der Waals surface area contributed by atoms with E-state index in [4.69, 9.17) is 0 Å². The van der Waals surface area contributed by atoms with Crippen LogP contribution in [0.2, 0.25) is 0 Å². The Bertz CT molecular complexity index is 340. The third kappa shape index (κ3) is 2.29. The van der Waals surface area contributed by atoms with Gasteiger partial charge in [0.1, 0.15) is 0 Å². The largest absolute Gasteiger partial charge is 0.393 e. The van der Waals surface area contributed by atoms with E-state index in [2.05, 4.69) is 37.3 Å². The van der Waals surface area contributed by atoms with Crippen LogP contribution >= 0.6 is 0 Å². The van der Waals surface area contributed by atoms with Gasteiger partial charge in [-0.1, -0.05) is 43.3 Å². The molecular weight excluding hydrogens is 184 g/mol. The van der Waals surface area contributed by atoms with Gasteiger partial charge < -0.3 is 5.11 Å². The first-order valence-electron chi connectivity index (χ1n) is 5.72. The molecule has 0 radical (unpaired) electrons. The van der Waals surface area contributed by atoms with Gasteiger partial charge in [0.05, 0.1) is 6.10 Å². The average molecular weight is 202 g/mol. The predicted molar refractivity (Wildman–Crippen MR) is 63.4 cm³/mol. The second-order valence-electron chi connectivity index (χ2n) is 4.31. The number of hydrogen-bond donors (Lipinski definition) is 1. The maximum atomic E-state index is 9.95. The molecule has 2 rings (SSSR count). The van der Waals surface area contributed by atoms with Gasteiger partial charge in [-0.15, -0.1) is 0 Å². The van der Waals surface area contributed by atoms with E-state index in [1.807, 2.05) is 6.07 Å². The first-order valence-corrected chi connectivity index (χ1v) is 5.72. The normalized spacial score (nSPS) is 26.9. The van der Waals surface area contributed by atoms with E-state index in [0.717, 1.165) is 19.3 Å². The van der Waals surface area contributed by atoms with Crippen molar-refractivity contribution >= 4 is 5.57 Å². The van der Waals surface area contributed by atoms with E-state index >= 15 is 0 Å². The molecule has 0 fully saturated rings. The van der Waals surface area contributed by atoms with E-state index in [0.29, 0.717) is 0 Å². The Balaban J connectivity index is 2.30. The molecule has 0 saturated carbocycles. The lowest BCUT2D eigenvalue weighted by Crippen LogP contribution is -2.17. The zero-order chi connectivity index (χ0) is 10.7. The third-order valence-electron chi connectivity index (χ3n) is 3.24. The molecule has 1 heteroatoms. The van der Waals surface area contributed by atoms with Crippen LogP contribution in [0.15, 0.2) is 36.4 Å². The van der Waals surface area contributed by atoms with Crippen LogP contribution in [0.3, 0.4) is 0 Å². The molecule has 1 aliphatic rings. The molecule has 2 atom stereocenters. The Morgan fingerprint density at radius 2 is 1.93 bits per heavy atom. The quantitative estimate of drug-likeness (QED) is 0.741. The molecule has 1 nitrogen and oxygen atoms in total. The molecule has 15 heavy (non-hydrogen) atoms. The molecule has 0 saturated heterocycles. The van der Waals surface area contributed by atoms with Gasteiger partial charge in [0.15, 0.2) is 0 Å². The van der Waals surface area contributed by atoms with Crippen LogP contribution < -0.4 is 0 Å².